The number of carbonyl (C=O) groups is 1. The van der Waals surface area contributed by atoms with E-state index in [0.717, 1.165) is 62.0 Å². The number of para-hydroxylation sites is 1. The van der Waals surface area contributed by atoms with Crippen molar-refractivity contribution in [3.8, 4) is 5.75 Å². The number of piperidine rings is 1. The molecule has 0 amide bonds. The summed E-state index contributed by atoms with van der Waals surface area (Å²) in [6.45, 7) is 5.26. The maximum absolute atomic E-state index is 13.0. The van der Waals surface area contributed by atoms with Crippen molar-refractivity contribution in [1.29, 1.82) is 0 Å². The topological polar surface area (TPSA) is 43.7 Å². The number of rotatable bonds is 9. The van der Waals surface area contributed by atoms with Gasteiger partial charge >= 0.3 is 0 Å². The molecule has 1 aliphatic heterocycles. The summed E-state index contributed by atoms with van der Waals surface area (Å²) >= 11 is 0. The second kappa shape index (κ2) is 9.96. The maximum Gasteiger partial charge on any atom is 0.162 e. The number of halogens is 1. The van der Waals surface area contributed by atoms with Gasteiger partial charge in [-0.25, -0.2) is 4.39 Å². The Labute approximate surface area is 182 Å². The van der Waals surface area contributed by atoms with Crippen molar-refractivity contribution in [2.45, 2.75) is 38.7 Å². The molecule has 3 aromatic rings. The lowest BCUT2D eigenvalue weighted by Gasteiger charge is -2.32. The van der Waals surface area contributed by atoms with Crippen molar-refractivity contribution in [2.24, 2.45) is 0 Å². The normalized spacial score (nSPS) is 15.3. The van der Waals surface area contributed by atoms with Crippen LogP contribution < -0.4 is 9.57 Å². The number of nitrogens with zero attached hydrogens (tertiary/aromatic N) is 2. The molecular weight excluding hydrogens is 395 g/mol. The van der Waals surface area contributed by atoms with E-state index >= 15 is 0 Å². The fourth-order valence-electron chi connectivity index (χ4n) is 4.09. The third-order valence-electron chi connectivity index (χ3n) is 5.81. The van der Waals surface area contributed by atoms with E-state index in [9.17, 15) is 9.18 Å². The molecule has 0 saturated carbocycles. The van der Waals surface area contributed by atoms with Gasteiger partial charge in [0.25, 0.3) is 0 Å². The third kappa shape index (κ3) is 5.44. The maximum atomic E-state index is 13.0. The van der Waals surface area contributed by atoms with Crippen LogP contribution in [0.5, 0.6) is 5.75 Å². The Balaban J connectivity index is 1.17. The van der Waals surface area contributed by atoms with Crippen LogP contribution >= 0.6 is 0 Å². The number of benzene rings is 2. The molecule has 2 heterocycles. The number of hydrogen-bond acceptors (Lipinski definition) is 4. The number of ketones is 1. The summed E-state index contributed by atoms with van der Waals surface area (Å²) < 4.78 is 20.7. The minimum Gasteiger partial charge on any atom is -0.490 e. The lowest BCUT2D eigenvalue weighted by molar-refractivity contribution is 0.0913. The molecule has 6 heteroatoms. The Bertz CT molecular complexity index is 1010. The number of fused-ring (bicyclic) bond motifs is 1. The molecule has 4 rings (SSSR count). The van der Waals surface area contributed by atoms with Gasteiger partial charge in [-0.15, -0.1) is 0 Å². The summed E-state index contributed by atoms with van der Waals surface area (Å²) in [5.41, 5.74) is 1.62. The molecule has 0 bridgehead atoms. The molecule has 1 fully saturated rings. The first-order chi connectivity index (χ1) is 15.1. The van der Waals surface area contributed by atoms with Crippen molar-refractivity contribution in [2.75, 3.05) is 26.2 Å². The van der Waals surface area contributed by atoms with Crippen LogP contribution in [-0.4, -0.2) is 47.8 Å². The molecular formula is C25H29FN2O3. The predicted octanol–water partition coefficient (Wildman–Crippen LogP) is 4.74. The Morgan fingerprint density at radius 1 is 1.06 bits per heavy atom. The zero-order chi connectivity index (χ0) is 21.6. The Hall–Kier alpha value is -2.86. The highest BCUT2D eigenvalue weighted by molar-refractivity contribution is 6.06. The van der Waals surface area contributed by atoms with Crippen molar-refractivity contribution in [3.05, 3.63) is 66.1 Å². The van der Waals surface area contributed by atoms with Gasteiger partial charge in [-0.1, -0.05) is 18.2 Å². The molecule has 1 saturated heterocycles. The van der Waals surface area contributed by atoms with Gasteiger partial charge in [0, 0.05) is 24.0 Å². The van der Waals surface area contributed by atoms with Crippen molar-refractivity contribution < 1.29 is 18.8 Å². The van der Waals surface area contributed by atoms with Crippen LogP contribution in [0.2, 0.25) is 0 Å². The lowest BCUT2D eigenvalue weighted by Crippen LogP contribution is -2.38. The molecule has 2 aromatic carbocycles. The average Bonchev–Trinajstić information content (AvgIpc) is 3.15. The number of Topliss-reactive ketones (excluding diaryl/α,β-unsaturated/α-hetero) is 1. The molecule has 1 aliphatic rings. The fourth-order valence-corrected chi connectivity index (χ4v) is 4.09. The summed E-state index contributed by atoms with van der Waals surface area (Å²) in [4.78, 5) is 20.3. The minimum absolute atomic E-state index is 0.0466. The highest BCUT2D eigenvalue weighted by Gasteiger charge is 2.20. The second-order valence-corrected chi connectivity index (χ2v) is 8.10. The average molecular weight is 425 g/mol. The van der Waals surface area contributed by atoms with E-state index < -0.39 is 0 Å². The number of likely N-dealkylation sites (tertiary alicyclic amines) is 1. The Morgan fingerprint density at radius 3 is 2.55 bits per heavy atom. The number of aromatic nitrogens is 1. The highest BCUT2D eigenvalue weighted by Crippen LogP contribution is 2.21. The number of unbranched alkanes of at least 4 members (excludes halogenated alkanes) is 1. The molecule has 0 spiro atoms. The van der Waals surface area contributed by atoms with Crippen molar-refractivity contribution in [1.82, 2.24) is 9.63 Å². The van der Waals surface area contributed by atoms with Gasteiger partial charge in [-0.3, -0.25) is 4.79 Å². The van der Waals surface area contributed by atoms with Crippen LogP contribution in [0.4, 0.5) is 4.39 Å². The Morgan fingerprint density at radius 2 is 1.81 bits per heavy atom. The monoisotopic (exact) mass is 424 g/mol. The Kier molecular flexibility index (Phi) is 6.87. The molecule has 1 aromatic heterocycles. The molecule has 5 nitrogen and oxygen atoms in total. The summed E-state index contributed by atoms with van der Waals surface area (Å²) in [5, 5.41) is 0.931. The standard InChI is InChI=1S/C25H29FN2O3/c1-19(29)24-18-28(25-7-3-2-6-23(24)25)30-17-5-4-14-27-15-12-22(13-16-27)31-21-10-8-20(26)9-11-21/h2-3,6-11,18,22H,4-5,12-17H2,1H3. The largest absolute Gasteiger partial charge is 0.490 e. The van der Waals surface area contributed by atoms with E-state index in [1.54, 1.807) is 30.0 Å². The van der Waals surface area contributed by atoms with Gasteiger partial charge < -0.3 is 14.5 Å². The number of carbonyl (C=O) groups excluding carboxylic acids is 1. The van der Waals surface area contributed by atoms with Crippen LogP contribution in [0, 0.1) is 5.82 Å². The highest BCUT2D eigenvalue weighted by atomic mass is 19.1. The first-order valence-electron chi connectivity index (χ1n) is 11.0. The van der Waals surface area contributed by atoms with E-state index in [4.69, 9.17) is 9.57 Å². The zero-order valence-corrected chi connectivity index (χ0v) is 17.9. The van der Waals surface area contributed by atoms with Gasteiger partial charge in [-0.05, 0) is 69.5 Å². The van der Waals surface area contributed by atoms with Crippen LogP contribution in [0.25, 0.3) is 10.9 Å². The lowest BCUT2D eigenvalue weighted by atomic mass is 10.1. The second-order valence-electron chi connectivity index (χ2n) is 8.10. The summed E-state index contributed by atoms with van der Waals surface area (Å²) in [5.74, 6) is 0.545. The van der Waals surface area contributed by atoms with Crippen LogP contribution in [0.1, 0.15) is 43.0 Å². The molecule has 0 aliphatic carbocycles. The van der Waals surface area contributed by atoms with Crippen molar-refractivity contribution >= 4 is 16.7 Å². The molecule has 0 radical (unpaired) electrons. The van der Waals surface area contributed by atoms with E-state index in [0.29, 0.717) is 12.2 Å². The van der Waals surface area contributed by atoms with E-state index in [-0.39, 0.29) is 17.7 Å². The minimum atomic E-state index is -0.240. The van der Waals surface area contributed by atoms with Gasteiger partial charge in [-0.2, -0.15) is 4.73 Å². The van der Waals surface area contributed by atoms with Gasteiger partial charge in [0.2, 0.25) is 0 Å². The molecule has 31 heavy (non-hydrogen) atoms. The SMILES string of the molecule is CC(=O)c1cn(OCCCCN2CCC(Oc3ccc(F)cc3)CC2)c2ccccc12. The quantitative estimate of drug-likeness (QED) is 0.368. The molecule has 164 valence electrons. The zero-order valence-electron chi connectivity index (χ0n) is 17.9. The van der Waals surface area contributed by atoms with Crippen LogP contribution in [-0.2, 0) is 0 Å². The molecule has 0 N–H and O–H groups in total. The third-order valence-corrected chi connectivity index (χ3v) is 5.81. The van der Waals surface area contributed by atoms with Crippen LogP contribution in [0.15, 0.2) is 54.7 Å². The van der Waals surface area contributed by atoms with E-state index in [1.165, 1.54) is 12.1 Å². The van der Waals surface area contributed by atoms with Gasteiger partial charge in [0.05, 0.1) is 11.7 Å². The van der Waals surface area contributed by atoms with E-state index in [2.05, 4.69) is 4.90 Å². The van der Waals surface area contributed by atoms with Gasteiger partial charge in [0.1, 0.15) is 24.3 Å². The van der Waals surface area contributed by atoms with Crippen LogP contribution in [0.3, 0.4) is 0 Å². The smallest absolute Gasteiger partial charge is 0.162 e. The molecule has 0 atom stereocenters. The number of ether oxygens (including phenoxy) is 1. The first kappa shape index (κ1) is 21.4. The summed E-state index contributed by atoms with van der Waals surface area (Å²) in [6.07, 6.45) is 5.96. The molecule has 0 unspecified atom stereocenters. The first-order valence-corrected chi connectivity index (χ1v) is 11.0. The van der Waals surface area contributed by atoms with Crippen molar-refractivity contribution in [3.63, 3.8) is 0 Å². The van der Waals surface area contributed by atoms with Gasteiger partial charge in [0.15, 0.2) is 5.78 Å². The summed E-state index contributed by atoms with van der Waals surface area (Å²) in [6, 6.07) is 14.1. The fraction of sp³-hybridized carbons (Fsp3) is 0.400. The number of hydrogen-bond donors (Lipinski definition) is 0. The predicted molar refractivity (Wildman–Crippen MR) is 119 cm³/mol. The summed E-state index contributed by atoms with van der Waals surface area (Å²) in [7, 11) is 0. The van der Waals surface area contributed by atoms with E-state index in [1.807, 2.05) is 24.3 Å².